The van der Waals surface area contributed by atoms with Gasteiger partial charge in [0.15, 0.2) is 0 Å². The summed E-state index contributed by atoms with van der Waals surface area (Å²) in [5.74, 6) is 0.0629. The standard InChI is InChI=1S/C32H28BrClN2O4S/c1-2-39-32(38)21-14-12-20(13-15-21)19-40-29-22(16-23(34)17-26(29)33)18-35-31-28(25-10-6-7-11-27(25)41-31)30(37)36-24-8-4-3-5-9-24/h3-5,8-9,12-18H,2,6-7,10-11,19H2,1H3,(H,36,37). The summed E-state index contributed by atoms with van der Waals surface area (Å²) in [6.45, 7) is 2.37. The van der Waals surface area contributed by atoms with E-state index in [0.717, 1.165) is 42.5 Å². The number of amides is 1. The van der Waals surface area contributed by atoms with E-state index in [2.05, 4.69) is 21.2 Å². The molecule has 4 aromatic rings. The largest absolute Gasteiger partial charge is 0.487 e. The highest BCUT2D eigenvalue weighted by molar-refractivity contribution is 9.10. The molecule has 41 heavy (non-hydrogen) atoms. The van der Waals surface area contributed by atoms with Crippen molar-refractivity contribution >= 4 is 67.6 Å². The maximum absolute atomic E-state index is 13.5. The first-order chi connectivity index (χ1) is 19.9. The van der Waals surface area contributed by atoms with Gasteiger partial charge in [0.2, 0.25) is 0 Å². The summed E-state index contributed by atoms with van der Waals surface area (Å²) in [6, 6.07) is 20.1. The lowest BCUT2D eigenvalue weighted by molar-refractivity contribution is 0.0526. The monoisotopic (exact) mass is 650 g/mol. The molecule has 210 valence electrons. The number of para-hydroxylation sites is 1. The molecule has 1 aliphatic carbocycles. The molecule has 1 heterocycles. The Labute approximate surface area is 256 Å². The van der Waals surface area contributed by atoms with Gasteiger partial charge in [0, 0.05) is 27.4 Å². The van der Waals surface area contributed by atoms with E-state index in [1.807, 2.05) is 42.5 Å². The minimum atomic E-state index is -0.356. The predicted molar refractivity (Wildman–Crippen MR) is 168 cm³/mol. The van der Waals surface area contributed by atoms with Crippen molar-refractivity contribution in [2.75, 3.05) is 11.9 Å². The SMILES string of the molecule is CCOC(=O)c1ccc(COc2c(Br)cc(Cl)cc2C=Nc2sc3c(c2C(=O)Nc2ccccc2)CCCC3)cc1. The molecule has 0 unspecified atom stereocenters. The lowest BCUT2D eigenvalue weighted by Crippen LogP contribution is -2.14. The first-order valence-corrected chi connectivity index (χ1v) is 15.3. The van der Waals surface area contributed by atoms with Crippen molar-refractivity contribution in [1.29, 1.82) is 0 Å². The third kappa shape index (κ3) is 7.07. The number of benzene rings is 3. The van der Waals surface area contributed by atoms with Gasteiger partial charge in [-0.25, -0.2) is 9.79 Å². The number of esters is 1. The van der Waals surface area contributed by atoms with Crippen molar-refractivity contribution in [3.8, 4) is 5.75 Å². The van der Waals surface area contributed by atoms with Crippen LogP contribution in [0.25, 0.3) is 0 Å². The highest BCUT2D eigenvalue weighted by Crippen LogP contribution is 2.41. The van der Waals surface area contributed by atoms with Crippen LogP contribution < -0.4 is 10.1 Å². The Morgan fingerprint density at radius 1 is 1.07 bits per heavy atom. The Kier molecular flexibility index (Phi) is 9.54. The van der Waals surface area contributed by atoms with Crippen LogP contribution in [-0.2, 0) is 24.2 Å². The number of fused-ring (bicyclic) bond motifs is 1. The maximum Gasteiger partial charge on any atom is 0.338 e. The first-order valence-electron chi connectivity index (χ1n) is 13.4. The van der Waals surface area contributed by atoms with Crippen LogP contribution in [-0.4, -0.2) is 24.7 Å². The van der Waals surface area contributed by atoms with Crippen molar-refractivity contribution in [3.05, 3.63) is 109 Å². The fourth-order valence-corrected chi connectivity index (χ4v) is 6.83. The summed E-state index contributed by atoms with van der Waals surface area (Å²) in [5, 5.41) is 4.22. The number of ether oxygens (including phenoxy) is 2. The molecule has 0 radical (unpaired) electrons. The topological polar surface area (TPSA) is 77.0 Å². The Morgan fingerprint density at radius 3 is 2.59 bits per heavy atom. The maximum atomic E-state index is 13.5. The molecule has 0 saturated heterocycles. The third-order valence-electron chi connectivity index (χ3n) is 6.62. The Bertz CT molecular complexity index is 1590. The molecule has 0 saturated carbocycles. The van der Waals surface area contributed by atoms with Crippen LogP contribution >= 0.6 is 38.9 Å². The summed E-state index contributed by atoms with van der Waals surface area (Å²) >= 11 is 11.5. The van der Waals surface area contributed by atoms with Crippen LogP contribution in [0.3, 0.4) is 0 Å². The van der Waals surface area contributed by atoms with Crippen LogP contribution in [0.1, 0.15) is 62.0 Å². The van der Waals surface area contributed by atoms with Crippen LogP contribution in [0.15, 0.2) is 76.2 Å². The van der Waals surface area contributed by atoms with E-state index in [1.165, 1.54) is 4.88 Å². The molecule has 3 aromatic carbocycles. The molecule has 0 aliphatic heterocycles. The summed E-state index contributed by atoms with van der Waals surface area (Å²) < 4.78 is 11.9. The van der Waals surface area contributed by atoms with Crippen molar-refractivity contribution in [2.24, 2.45) is 4.99 Å². The minimum absolute atomic E-state index is 0.155. The number of thiophene rings is 1. The number of nitrogens with one attached hydrogen (secondary N) is 1. The molecule has 5 rings (SSSR count). The lowest BCUT2D eigenvalue weighted by atomic mass is 9.95. The Morgan fingerprint density at radius 2 is 1.83 bits per heavy atom. The molecule has 0 fully saturated rings. The van der Waals surface area contributed by atoms with Gasteiger partial charge in [-0.3, -0.25) is 4.79 Å². The number of anilines is 1. The van der Waals surface area contributed by atoms with E-state index in [-0.39, 0.29) is 18.5 Å². The second-order valence-electron chi connectivity index (χ2n) is 9.48. The van der Waals surface area contributed by atoms with E-state index < -0.39 is 0 Å². The fraction of sp³-hybridized carbons (Fsp3) is 0.219. The number of hydrogen-bond donors (Lipinski definition) is 1. The van der Waals surface area contributed by atoms with Gasteiger partial charge in [0.1, 0.15) is 17.4 Å². The average Bonchev–Trinajstić information content (AvgIpc) is 3.35. The number of rotatable bonds is 9. The highest BCUT2D eigenvalue weighted by Gasteiger charge is 2.25. The molecule has 0 atom stereocenters. The summed E-state index contributed by atoms with van der Waals surface area (Å²) in [5.41, 5.74) is 4.52. The molecule has 1 N–H and O–H groups in total. The molecular weight excluding hydrogens is 624 g/mol. The zero-order valence-electron chi connectivity index (χ0n) is 22.4. The van der Waals surface area contributed by atoms with Crippen LogP contribution in [0.5, 0.6) is 5.75 Å². The van der Waals surface area contributed by atoms with Gasteiger partial charge < -0.3 is 14.8 Å². The lowest BCUT2D eigenvalue weighted by Gasteiger charge is -2.13. The van der Waals surface area contributed by atoms with Crippen molar-refractivity contribution in [1.82, 2.24) is 0 Å². The van der Waals surface area contributed by atoms with E-state index in [9.17, 15) is 9.59 Å². The van der Waals surface area contributed by atoms with Crippen molar-refractivity contribution in [3.63, 3.8) is 0 Å². The van der Waals surface area contributed by atoms with E-state index in [4.69, 9.17) is 26.1 Å². The third-order valence-corrected chi connectivity index (χ3v) is 8.62. The van der Waals surface area contributed by atoms with Gasteiger partial charge >= 0.3 is 5.97 Å². The van der Waals surface area contributed by atoms with E-state index >= 15 is 0 Å². The average molecular weight is 652 g/mol. The first kappa shape index (κ1) is 29.0. The smallest absolute Gasteiger partial charge is 0.338 e. The number of aryl methyl sites for hydroxylation is 1. The summed E-state index contributed by atoms with van der Waals surface area (Å²) in [4.78, 5) is 31.4. The zero-order chi connectivity index (χ0) is 28.8. The van der Waals surface area contributed by atoms with Crippen LogP contribution in [0.2, 0.25) is 5.02 Å². The highest BCUT2D eigenvalue weighted by atomic mass is 79.9. The van der Waals surface area contributed by atoms with E-state index in [1.54, 1.807) is 48.7 Å². The van der Waals surface area contributed by atoms with Gasteiger partial charge in [0.25, 0.3) is 5.91 Å². The molecule has 0 spiro atoms. The van der Waals surface area contributed by atoms with Crippen LogP contribution in [0.4, 0.5) is 10.7 Å². The van der Waals surface area contributed by atoms with Crippen molar-refractivity contribution < 1.29 is 19.1 Å². The van der Waals surface area contributed by atoms with E-state index in [0.29, 0.717) is 43.5 Å². The second kappa shape index (κ2) is 13.5. The quantitative estimate of drug-likeness (QED) is 0.145. The minimum Gasteiger partial charge on any atom is -0.487 e. The molecule has 0 bridgehead atoms. The number of carbonyl (C=O) groups excluding carboxylic acids is 2. The molecule has 1 aliphatic rings. The summed E-state index contributed by atoms with van der Waals surface area (Å²) in [7, 11) is 0. The second-order valence-corrected chi connectivity index (χ2v) is 11.9. The number of aliphatic imine (C=N–C) groups is 1. The predicted octanol–water partition coefficient (Wildman–Crippen LogP) is 8.80. The number of halogens is 2. The number of carbonyl (C=O) groups is 2. The van der Waals surface area contributed by atoms with Crippen molar-refractivity contribution in [2.45, 2.75) is 39.2 Å². The van der Waals surface area contributed by atoms with Gasteiger partial charge in [0.05, 0.1) is 22.2 Å². The molecule has 6 nitrogen and oxygen atoms in total. The molecular formula is C32H28BrClN2O4S. The Balaban J connectivity index is 1.41. The number of nitrogens with zero attached hydrogens (tertiary/aromatic N) is 1. The fourth-order valence-electron chi connectivity index (χ4n) is 4.66. The molecule has 9 heteroatoms. The van der Waals surface area contributed by atoms with Crippen LogP contribution in [0, 0.1) is 0 Å². The Hall–Kier alpha value is -3.46. The van der Waals surface area contributed by atoms with Gasteiger partial charge in [-0.05, 0) is 96.1 Å². The summed E-state index contributed by atoms with van der Waals surface area (Å²) in [6.07, 6.45) is 5.68. The molecule has 1 amide bonds. The number of hydrogen-bond acceptors (Lipinski definition) is 6. The van der Waals surface area contributed by atoms with Gasteiger partial charge in [-0.1, -0.05) is 41.9 Å². The normalized spacial score (nSPS) is 12.7. The zero-order valence-corrected chi connectivity index (χ0v) is 25.6. The van der Waals surface area contributed by atoms with Gasteiger partial charge in [-0.15, -0.1) is 11.3 Å². The van der Waals surface area contributed by atoms with Gasteiger partial charge in [-0.2, -0.15) is 0 Å². The molecule has 1 aromatic heterocycles.